The van der Waals surface area contributed by atoms with Crippen LogP contribution < -0.4 is 5.73 Å². The molecule has 0 aromatic heterocycles. The molecule has 3 N–H and O–H groups in total. The van der Waals surface area contributed by atoms with Gasteiger partial charge in [-0.3, -0.25) is 0 Å². The van der Waals surface area contributed by atoms with Crippen molar-refractivity contribution in [2.45, 2.75) is 18.9 Å². The minimum atomic E-state index is -0.431. The number of methoxy groups -OCH3 is 1. The summed E-state index contributed by atoms with van der Waals surface area (Å²) in [5.74, 6) is 0.676. The van der Waals surface area contributed by atoms with Crippen molar-refractivity contribution < 1.29 is 9.84 Å². The molecule has 1 atom stereocenters. The highest BCUT2D eigenvalue weighted by Gasteiger charge is 2.21. The summed E-state index contributed by atoms with van der Waals surface area (Å²) in [6, 6.07) is 7.47. The molecule has 0 radical (unpaired) electrons. The third kappa shape index (κ3) is 4.20. The summed E-state index contributed by atoms with van der Waals surface area (Å²) < 4.78 is 5.20. The standard InChI is InChI=1S/C15H24N2O2/c1-19-11-12-6-8-17(9-7-12)10-15(18)13-2-4-14(16)5-3-13/h2-5,12,15,18H,6-11,16H2,1H3. The molecule has 0 bridgehead atoms. The Morgan fingerprint density at radius 3 is 2.53 bits per heavy atom. The van der Waals surface area contributed by atoms with Gasteiger partial charge in [-0.25, -0.2) is 0 Å². The van der Waals surface area contributed by atoms with E-state index in [1.165, 1.54) is 0 Å². The predicted octanol–water partition coefficient (Wildman–Crippen LogP) is 1.66. The maximum absolute atomic E-state index is 10.2. The highest BCUT2D eigenvalue weighted by atomic mass is 16.5. The number of nitrogens with zero attached hydrogens (tertiary/aromatic N) is 1. The molecule has 0 amide bonds. The number of likely N-dealkylation sites (tertiary alicyclic amines) is 1. The zero-order chi connectivity index (χ0) is 13.7. The second-order valence-electron chi connectivity index (χ2n) is 5.38. The summed E-state index contributed by atoms with van der Waals surface area (Å²) in [5.41, 5.74) is 7.32. The van der Waals surface area contributed by atoms with Crippen molar-refractivity contribution in [1.82, 2.24) is 4.90 Å². The smallest absolute Gasteiger partial charge is 0.0916 e. The van der Waals surface area contributed by atoms with Gasteiger partial charge in [-0.1, -0.05) is 12.1 Å². The highest BCUT2D eigenvalue weighted by Crippen LogP contribution is 2.21. The molecule has 0 spiro atoms. The fourth-order valence-electron chi connectivity index (χ4n) is 2.64. The van der Waals surface area contributed by atoms with Crippen LogP contribution in [0.4, 0.5) is 5.69 Å². The van der Waals surface area contributed by atoms with Crippen LogP contribution in [0.15, 0.2) is 24.3 Å². The lowest BCUT2D eigenvalue weighted by Gasteiger charge is -2.32. The van der Waals surface area contributed by atoms with E-state index in [2.05, 4.69) is 4.90 Å². The van der Waals surface area contributed by atoms with E-state index in [-0.39, 0.29) is 0 Å². The number of β-amino-alcohol motifs (C(OH)–C–C–N with tert-alkyl or cyclic N) is 1. The quantitative estimate of drug-likeness (QED) is 0.794. The summed E-state index contributed by atoms with van der Waals surface area (Å²) in [6.07, 6.45) is 1.88. The number of benzene rings is 1. The summed E-state index contributed by atoms with van der Waals surface area (Å²) >= 11 is 0. The van der Waals surface area contributed by atoms with Gasteiger partial charge in [-0.15, -0.1) is 0 Å². The topological polar surface area (TPSA) is 58.7 Å². The van der Waals surface area contributed by atoms with Gasteiger partial charge in [-0.2, -0.15) is 0 Å². The van der Waals surface area contributed by atoms with E-state index in [0.29, 0.717) is 12.5 Å². The minimum absolute atomic E-state index is 0.431. The number of aliphatic hydroxyl groups is 1. The number of hydrogen-bond acceptors (Lipinski definition) is 4. The lowest BCUT2D eigenvalue weighted by molar-refractivity contribution is 0.0657. The molecular formula is C15H24N2O2. The van der Waals surface area contributed by atoms with Gasteiger partial charge in [0, 0.05) is 25.9 Å². The first-order valence-corrected chi connectivity index (χ1v) is 6.94. The van der Waals surface area contributed by atoms with Gasteiger partial charge < -0.3 is 20.5 Å². The maximum Gasteiger partial charge on any atom is 0.0916 e. The Labute approximate surface area is 115 Å². The van der Waals surface area contributed by atoms with Gasteiger partial charge in [0.1, 0.15) is 0 Å². The average molecular weight is 264 g/mol. The Morgan fingerprint density at radius 1 is 1.32 bits per heavy atom. The first-order chi connectivity index (χ1) is 9.19. The van der Waals surface area contributed by atoms with Crippen LogP contribution in [0.1, 0.15) is 24.5 Å². The molecule has 2 rings (SSSR count). The van der Waals surface area contributed by atoms with Crippen LogP contribution in [0, 0.1) is 5.92 Å². The monoisotopic (exact) mass is 264 g/mol. The second kappa shape index (κ2) is 6.89. The molecule has 0 saturated carbocycles. The van der Waals surface area contributed by atoms with Gasteiger partial charge in [0.05, 0.1) is 6.10 Å². The molecule has 1 saturated heterocycles. The Hall–Kier alpha value is -1.10. The van der Waals surface area contributed by atoms with Crippen LogP contribution >= 0.6 is 0 Å². The molecule has 1 heterocycles. The van der Waals surface area contributed by atoms with Crippen molar-refractivity contribution >= 4 is 5.69 Å². The Balaban J connectivity index is 1.80. The highest BCUT2D eigenvalue weighted by molar-refractivity contribution is 5.39. The first kappa shape index (κ1) is 14.3. The maximum atomic E-state index is 10.2. The minimum Gasteiger partial charge on any atom is -0.399 e. The first-order valence-electron chi connectivity index (χ1n) is 6.94. The number of piperidine rings is 1. The van der Waals surface area contributed by atoms with E-state index >= 15 is 0 Å². The molecule has 4 heteroatoms. The number of nitrogens with two attached hydrogens (primary N) is 1. The number of nitrogen functional groups attached to an aromatic ring is 1. The average Bonchev–Trinajstić information content (AvgIpc) is 2.42. The van der Waals surface area contributed by atoms with Crippen LogP contribution in [0.25, 0.3) is 0 Å². The van der Waals surface area contributed by atoms with Crippen molar-refractivity contribution in [3.8, 4) is 0 Å². The van der Waals surface area contributed by atoms with Gasteiger partial charge in [0.2, 0.25) is 0 Å². The van der Waals surface area contributed by atoms with Crippen LogP contribution in [0.3, 0.4) is 0 Å². The summed E-state index contributed by atoms with van der Waals surface area (Å²) in [6.45, 7) is 3.64. The lowest BCUT2D eigenvalue weighted by Crippen LogP contribution is -2.37. The largest absolute Gasteiger partial charge is 0.399 e. The fourth-order valence-corrected chi connectivity index (χ4v) is 2.64. The molecule has 1 aliphatic rings. The van der Waals surface area contributed by atoms with Gasteiger partial charge in [0.25, 0.3) is 0 Å². The number of rotatable bonds is 5. The molecule has 1 aliphatic heterocycles. The predicted molar refractivity (Wildman–Crippen MR) is 76.9 cm³/mol. The van der Waals surface area contributed by atoms with Gasteiger partial charge in [-0.05, 0) is 49.5 Å². The molecule has 1 aromatic rings. The molecule has 106 valence electrons. The number of aliphatic hydroxyl groups excluding tert-OH is 1. The number of anilines is 1. The van der Waals surface area contributed by atoms with Gasteiger partial charge in [0.15, 0.2) is 0 Å². The zero-order valence-electron chi connectivity index (χ0n) is 11.6. The van der Waals surface area contributed by atoms with E-state index < -0.39 is 6.10 Å². The lowest BCUT2D eigenvalue weighted by atomic mass is 9.97. The van der Waals surface area contributed by atoms with Crippen molar-refractivity contribution in [2.75, 3.05) is 39.1 Å². The third-order valence-electron chi connectivity index (χ3n) is 3.86. The molecule has 1 unspecified atom stereocenters. The summed E-state index contributed by atoms with van der Waals surface area (Å²) in [4.78, 5) is 2.33. The molecule has 1 aromatic carbocycles. The SMILES string of the molecule is COCC1CCN(CC(O)c2ccc(N)cc2)CC1. The van der Waals surface area contributed by atoms with E-state index in [9.17, 15) is 5.11 Å². The Morgan fingerprint density at radius 2 is 1.95 bits per heavy atom. The summed E-state index contributed by atoms with van der Waals surface area (Å²) in [5, 5.41) is 10.2. The molecular weight excluding hydrogens is 240 g/mol. The van der Waals surface area contributed by atoms with Crippen molar-refractivity contribution in [2.24, 2.45) is 5.92 Å². The fraction of sp³-hybridized carbons (Fsp3) is 0.600. The van der Waals surface area contributed by atoms with Crippen molar-refractivity contribution in [3.63, 3.8) is 0 Å². The molecule has 4 nitrogen and oxygen atoms in total. The number of ether oxygens (including phenoxy) is 1. The van der Waals surface area contributed by atoms with Gasteiger partial charge >= 0.3 is 0 Å². The van der Waals surface area contributed by atoms with E-state index in [0.717, 1.165) is 43.8 Å². The second-order valence-corrected chi connectivity index (χ2v) is 5.38. The van der Waals surface area contributed by atoms with Crippen LogP contribution in [-0.2, 0) is 4.74 Å². The van der Waals surface area contributed by atoms with Crippen LogP contribution in [-0.4, -0.2) is 43.4 Å². The van der Waals surface area contributed by atoms with E-state index in [1.807, 2.05) is 24.3 Å². The molecule has 0 aliphatic carbocycles. The van der Waals surface area contributed by atoms with Crippen molar-refractivity contribution in [1.29, 1.82) is 0 Å². The normalized spacial score (nSPS) is 19.5. The number of hydrogen-bond donors (Lipinski definition) is 2. The Kier molecular flexibility index (Phi) is 5.19. The van der Waals surface area contributed by atoms with E-state index in [1.54, 1.807) is 7.11 Å². The zero-order valence-corrected chi connectivity index (χ0v) is 11.6. The third-order valence-corrected chi connectivity index (χ3v) is 3.86. The summed E-state index contributed by atoms with van der Waals surface area (Å²) in [7, 11) is 1.76. The van der Waals surface area contributed by atoms with Crippen LogP contribution in [0.2, 0.25) is 0 Å². The molecule has 1 fully saturated rings. The van der Waals surface area contributed by atoms with E-state index in [4.69, 9.17) is 10.5 Å². The van der Waals surface area contributed by atoms with Crippen molar-refractivity contribution in [3.05, 3.63) is 29.8 Å². The Bertz CT molecular complexity index is 372. The van der Waals surface area contributed by atoms with Crippen LogP contribution in [0.5, 0.6) is 0 Å². The molecule has 19 heavy (non-hydrogen) atoms.